The zero-order valence-electron chi connectivity index (χ0n) is 13.9. The maximum absolute atomic E-state index is 12.5. The highest BCUT2D eigenvalue weighted by Crippen LogP contribution is 2.26. The number of fused-ring (bicyclic) bond motifs is 2. The van der Waals surface area contributed by atoms with Crippen LogP contribution >= 0.6 is 0 Å². The Balaban J connectivity index is 1.54. The second-order valence-electron chi connectivity index (χ2n) is 6.38. The van der Waals surface area contributed by atoms with Gasteiger partial charge in [-0.1, -0.05) is 12.1 Å². The first-order valence-electron chi connectivity index (χ1n) is 8.32. The lowest BCUT2D eigenvalue weighted by Crippen LogP contribution is -2.25. The monoisotopic (exact) mass is 324 g/mol. The molecule has 0 atom stereocenters. The zero-order valence-corrected chi connectivity index (χ0v) is 13.9. The van der Waals surface area contributed by atoms with E-state index in [1.807, 2.05) is 32.0 Å². The van der Waals surface area contributed by atoms with Gasteiger partial charge in [-0.15, -0.1) is 10.2 Å². The van der Waals surface area contributed by atoms with Gasteiger partial charge in [0.05, 0.1) is 6.54 Å². The summed E-state index contributed by atoms with van der Waals surface area (Å²) >= 11 is 0. The van der Waals surface area contributed by atoms with Crippen LogP contribution in [0, 0.1) is 13.8 Å². The molecule has 0 fully saturated rings. The molecule has 0 spiro atoms. The Morgan fingerprint density at radius 1 is 1.29 bits per heavy atom. The molecule has 0 saturated heterocycles. The molecule has 1 aromatic carbocycles. The van der Waals surface area contributed by atoms with Gasteiger partial charge in [0.1, 0.15) is 11.4 Å². The molecule has 1 aliphatic heterocycles. The van der Waals surface area contributed by atoms with Crippen LogP contribution in [-0.4, -0.2) is 20.7 Å². The molecule has 3 aromatic rings. The first-order chi connectivity index (χ1) is 11.6. The maximum atomic E-state index is 12.5. The normalized spacial score (nSPS) is 13.9. The van der Waals surface area contributed by atoms with Gasteiger partial charge in [0.15, 0.2) is 11.6 Å². The quantitative estimate of drug-likeness (QED) is 0.804. The number of aryl methyl sites for hydroxylation is 3. The summed E-state index contributed by atoms with van der Waals surface area (Å²) in [6.45, 7) is 5.21. The first-order valence-corrected chi connectivity index (χ1v) is 8.32. The van der Waals surface area contributed by atoms with Crippen molar-refractivity contribution in [2.24, 2.45) is 0 Å². The van der Waals surface area contributed by atoms with Gasteiger partial charge in [0, 0.05) is 23.9 Å². The van der Waals surface area contributed by atoms with E-state index in [0.29, 0.717) is 12.3 Å². The van der Waals surface area contributed by atoms with Gasteiger partial charge < -0.3 is 14.3 Å². The van der Waals surface area contributed by atoms with Crippen LogP contribution in [0.2, 0.25) is 0 Å². The Kier molecular flexibility index (Phi) is 3.59. The Morgan fingerprint density at radius 3 is 3.04 bits per heavy atom. The van der Waals surface area contributed by atoms with E-state index in [0.717, 1.165) is 59.6 Å². The number of nitrogens with one attached hydrogen (secondary N) is 1. The van der Waals surface area contributed by atoms with Crippen molar-refractivity contribution in [1.82, 2.24) is 20.1 Å². The largest absolute Gasteiger partial charge is 0.451 e. The number of hydrogen-bond donors (Lipinski definition) is 1. The summed E-state index contributed by atoms with van der Waals surface area (Å²) in [7, 11) is 0. The molecular formula is C18H20N4O2. The first kappa shape index (κ1) is 14.9. The molecule has 0 bridgehead atoms. The minimum Gasteiger partial charge on any atom is -0.451 e. The topological polar surface area (TPSA) is 73.0 Å². The molecule has 6 heteroatoms. The van der Waals surface area contributed by atoms with Crippen molar-refractivity contribution < 1.29 is 9.21 Å². The van der Waals surface area contributed by atoms with Crippen LogP contribution in [0.25, 0.3) is 11.0 Å². The third kappa shape index (κ3) is 2.48. The van der Waals surface area contributed by atoms with Crippen molar-refractivity contribution in [3.8, 4) is 0 Å². The Hall–Kier alpha value is -2.63. The van der Waals surface area contributed by atoms with Crippen molar-refractivity contribution in [1.29, 1.82) is 0 Å². The number of amides is 1. The van der Waals surface area contributed by atoms with E-state index >= 15 is 0 Å². The molecule has 24 heavy (non-hydrogen) atoms. The number of aromatic nitrogens is 3. The second kappa shape index (κ2) is 5.78. The molecule has 124 valence electrons. The SMILES string of the molecule is Cc1ccc2c(C)c(C(=O)NCc3nnc4n3CCCC4)oc2c1. The fraction of sp³-hybridized carbons (Fsp3) is 0.389. The van der Waals surface area contributed by atoms with Gasteiger partial charge in [-0.25, -0.2) is 0 Å². The number of rotatable bonds is 3. The molecule has 0 aliphatic carbocycles. The average molecular weight is 324 g/mol. The Labute approximate surface area is 139 Å². The van der Waals surface area contributed by atoms with E-state index in [9.17, 15) is 4.79 Å². The highest BCUT2D eigenvalue weighted by Gasteiger charge is 2.20. The lowest BCUT2D eigenvalue weighted by atomic mass is 10.1. The van der Waals surface area contributed by atoms with Gasteiger partial charge in [0.25, 0.3) is 5.91 Å². The fourth-order valence-electron chi connectivity index (χ4n) is 3.29. The van der Waals surface area contributed by atoms with E-state index in [4.69, 9.17) is 4.42 Å². The maximum Gasteiger partial charge on any atom is 0.287 e. The molecular weight excluding hydrogens is 304 g/mol. The number of hydrogen-bond acceptors (Lipinski definition) is 4. The van der Waals surface area contributed by atoms with Crippen molar-refractivity contribution in [2.45, 2.75) is 46.2 Å². The van der Waals surface area contributed by atoms with Gasteiger partial charge in [-0.2, -0.15) is 0 Å². The van der Waals surface area contributed by atoms with Crippen LogP contribution < -0.4 is 5.32 Å². The minimum atomic E-state index is -0.213. The van der Waals surface area contributed by atoms with Crippen LogP contribution in [-0.2, 0) is 19.5 Å². The van der Waals surface area contributed by atoms with Gasteiger partial charge >= 0.3 is 0 Å². The van der Waals surface area contributed by atoms with Crippen molar-refractivity contribution in [3.05, 3.63) is 46.7 Å². The van der Waals surface area contributed by atoms with E-state index in [1.54, 1.807) is 0 Å². The summed E-state index contributed by atoms with van der Waals surface area (Å²) in [6.07, 6.45) is 3.25. The molecule has 0 unspecified atom stereocenters. The van der Waals surface area contributed by atoms with Crippen LogP contribution in [0.5, 0.6) is 0 Å². The summed E-state index contributed by atoms with van der Waals surface area (Å²) in [6, 6.07) is 5.97. The summed E-state index contributed by atoms with van der Waals surface area (Å²) < 4.78 is 7.88. The molecule has 4 rings (SSSR count). The molecule has 1 N–H and O–H groups in total. The zero-order chi connectivity index (χ0) is 16.7. The summed E-state index contributed by atoms with van der Waals surface area (Å²) in [5.41, 5.74) is 2.72. The van der Waals surface area contributed by atoms with Crippen LogP contribution in [0.4, 0.5) is 0 Å². The molecule has 1 amide bonds. The van der Waals surface area contributed by atoms with E-state index < -0.39 is 0 Å². The fourth-order valence-corrected chi connectivity index (χ4v) is 3.29. The van der Waals surface area contributed by atoms with Gasteiger partial charge in [0.2, 0.25) is 0 Å². The lowest BCUT2D eigenvalue weighted by molar-refractivity contribution is 0.0923. The van der Waals surface area contributed by atoms with E-state index in [1.165, 1.54) is 0 Å². The third-order valence-corrected chi connectivity index (χ3v) is 4.64. The standard InChI is InChI=1S/C18H20N4O2/c1-11-6-7-13-12(2)17(24-14(13)9-11)18(23)19-10-16-21-20-15-5-3-4-8-22(15)16/h6-7,9H,3-5,8,10H2,1-2H3,(H,19,23). The van der Waals surface area contributed by atoms with Gasteiger partial charge in [-0.05, 0) is 38.3 Å². The number of benzene rings is 1. The number of carbonyl (C=O) groups excluding carboxylic acids is 1. The highest BCUT2D eigenvalue weighted by molar-refractivity contribution is 5.98. The molecule has 0 radical (unpaired) electrons. The number of nitrogens with zero attached hydrogens (tertiary/aromatic N) is 3. The van der Waals surface area contributed by atoms with E-state index in [-0.39, 0.29) is 5.91 Å². The lowest BCUT2D eigenvalue weighted by Gasteiger charge is -2.14. The third-order valence-electron chi connectivity index (χ3n) is 4.64. The predicted octanol–water partition coefficient (Wildman–Crippen LogP) is 2.91. The molecule has 3 heterocycles. The van der Waals surface area contributed by atoms with Crippen molar-refractivity contribution >= 4 is 16.9 Å². The Morgan fingerprint density at radius 2 is 2.17 bits per heavy atom. The average Bonchev–Trinajstić information content (AvgIpc) is 3.14. The minimum absolute atomic E-state index is 0.213. The molecule has 1 aliphatic rings. The smallest absolute Gasteiger partial charge is 0.287 e. The van der Waals surface area contributed by atoms with Crippen LogP contribution in [0.3, 0.4) is 0 Å². The summed E-state index contributed by atoms with van der Waals surface area (Å²) in [5, 5.41) is 12.3. The molecule has 0 saturated carbocycles. The number of carbonyl (C=O) groups is 1. The van der Waals surface area contributed by atoms with Crippen LogP contribution in [0.15, 0.2) is 22.6 Å². The summed E-state index contributed by atoms with van der Waals surface area (Å²) in [4.78, 5) is 12.5. The molecule has 6 nitrogen and oxygen atoms in total. The second-order valence-corrected chi connectivity index (χ2v) is 6.38. The number of furan rings is 1. The van der Waals surface area contributed by atoms with Crippen molar-refractivity contribution in [3.63, 3.8) is 0 Å². The Bertz CT molecular complexity index is 923. The highest BCUT2D eigenvalue weighted by atomic mass is 16.3. The predicted molar refractivity (Wildman–Crippen MR) is 89.8 cm³/mol. The molecule has 2 aromatic heterocycles. The van der Waals surface area contributed by atoms with Crippen molar-refractivity contribution in [2.75, 3.05) is 0 Å². The van der Waals surface area contributed by atoms with Gasteiger partial charge in [-0.3, -0.25) is 4.79 Å². The summed E-state index contributed by atoms with van der Waals surface area (Å²) in [5.74, 6) is 1.98. The van der Waals surface area contributed by atoms with Crippen LogP contribution in [0.1, 0.15) is 46.2 Å². The van der Waals surface area contributed by atoms with E-state index in [2.05, 4.69) is 20.1 Å².